The standard InChI is InChI=1S/C14H13ClF3N5/c1-7-6-11(14(16,17)18)22-13(20-7)23-12(19)21-10-5-3-4-9(15)8(10)2/h3-6H,1-2H3,(H3,19,20,21,22,23)/p+1. The molecule has 0 amide bonds. The van der Waals surface area contributed by atoms with Gasteiger partial charge in [-0.3, -0.25) is 5.32 Å². The van der Waals surface area contributed by atoms with Gasteiger partial charge in [0.15, 0.2) is 5.69 Å². The second-order valence-electron chi connectivity index (χ2n) is 4.79. The first-order valence-electron chi connectivity index (χ1n) is 6.51. The van der Waals surface area contributed by atoms with Crippen molar-refractivity contribution in [3.8, 4) is 0 Å². The summed E-state index contributed by atoms with van der Waals surface area (Å²) in [5.74, 6) is -0.268. The molecule has 0 radical (unpaired) electrons. The highest BCUT2D eigenvalue weighted by molar-refractivity contribution is 6.31. The third kappa shape index (κ3) is 4.32. The van der Waals surface area contributed by atoms with Gasteiger partial charge in [0.25, 0.3) is 5.96 Å². The lowest BCUT2D eigenvalue weighted by Gasteiger charge is -2.07. The average Bonchev–Trinajstić information content (AvgIpc) is 2.42. The maximum atomic E-state index is 12.7. The molecule has 0 aliphatic rings. The van der Waals surface area contributed by atoms with E-state index in [1.165, 1.54) is 6.92 Å². The number of benzene rings is 1. The van der Waals surface area contributed by atoms with Crippen molar-refractivity contribution in [2.24, 2.45) is 5.73 Å². The number of nitrogens with one attached hydrogen (secondary N) is 2. The van der Waals surface area contributed by atoms with E-state index < -0.39 is 11.9 Å². The van der Waals surface area contributed by atoms with Crippen molar-refractivity contribution in [3.05, 3.63) is 46.2 Å². The number of hydrogen-bond acceptors (Lipinski definition) is 2. The van der Waals surface area contributed by atoms with Crippen molar-refractivity contribution in [2.75, 3.05) is 5.32 Å². The van der Waals surface area contributed by atoms with Gasteiger partial charge in [0.2, 0.25) is 0 Å². The fraction of sp³-hybridized carbons (Fsp3) is 0.214. The molecule has 0 bridgehead atoms. The molecule has 1 aromatic heterocycles. The summed E-state index contributed by atoms with van der Waals surface area (Å²) in [5, 5.41) is 3.35. The summed E-state index contributed by atoms with van der Waals surface area (Å²) < 4.78 is 38.2. The monoisotopic (exact) mass is 344 g/mol. The zero-order valence-corrected chi connectivity index (χ0v) is 13.0. The summed E-state index contributed by atoms with van der Waals surface area (Å²) in [7, 11) is 0. The minimum atomic E-state index is -4.56. The Bertz CT molecular complexity index is 759. The second kappa shape index (κ2) is 6.41. The second-order valence-corrected chi connectivity index (χ2v) is 5.20. The van der Waals surface area contributed by atoms with Gasteiger partial charge in [0, 0.05) is 16.7 Å². The van der Waals surface area contributed by atoms with Gasteiger partial charge in [-0.1, -0.05) is 17.7 Å². The molecule has 0 saturated heterocycles. The number of aryl methyl sites for hydroxylation is 1. The van der Waals surface area contributed by atoms with Gasteiger partial charge in [0.05, 0.1) is 11.4 Å². The van der Waals surface area contributed by atoms with Crippen molar-refractivity contribution >= 4 is 29.2 Å². The molecule has 0 atom stereocenters. The highest BCUT2D eigenvalue weighted by Crippen LogP contribution is 2.27. The van der Waals surface area contributed by atoms with Crippen molar-refractivity contribution in [2.45, 2.75) is 20.0 Å². The molecule has 122 valence electrons. The molecule has 0 fully saturated rings. The number of anilines is 1. The fourth-order valence-electron chi connectivity index (χ4n) is 1.81. The van der Waals surface area contributed by atoms with Gasteiger partial charge in [-0.25, -0.2) is 4.99 Å². The topological polar surface area (TPSA) is 77.8 Å². The number of halogens is 4. The lowest BCUT2D eigenvalue weighted by molar-refractivity contribution is -0.366. The molecular formula is C14H14ClF3N5+. The van der Waals surface area contributed by atoms with E-state index in [0.717, 1.165) is 11.6 Å². The third-order valence-corrected chi connectivity index (χ3v) is 3.34. The number of alkyl halides is 3. The van der Waals surface area contributed by atoms with Gasteiger partial charge >= 0.3 is 12.1 Å². The molecule has 0 saturated carbocycles. The van der Waals surface area contributed by atoms with E-state index >= 15 is 0 Å². The molecular weight excluding hydrogens is 331 g/mol. The average molecular weight is 345 g/mol. The van der Waals surface area contributed by atoms with Gasteiger partial charge in [-0.05, 0) is 26.0 Å². The number of aromatic nitrogens is 2. The Hall–Kier alpha value is -2.35. The Morgan fingerprint density at radius 1 is 1.26 bits per heavy atom. The van der Waals surface area contributed by atoms with Crippen LogP contribution in [0.1, 0.15) is 17.0 Å². The van der Waals surface area contributed by atoms with Crippen LogP contribution in [0.25, 0.3) is 0 Å². The smallest absolute Gasteiger partial charge is 0.322 e. The summed E-state index contributed by atoms with van der Waals surface area (Å²) in [6.45, 7) is 3.22. The molecule has 23 heavy (non-hydrogen) atoms. The van der Waals surface area contributed by atoms with E-state index in [0.29, 0.717) is 10.7 Å². The summed E-state index contributed by atoms with van der Waals surface area (Å²) >= 11 is 5.99. The molecule has 4 N–H and O–H groups in total. The minimum Gasteiger partial charge on any atom is -0.322 e. The van der Waals surface area contributed by atoms with E-state index in [2.05, 4.69) is 20.3 Å². The molecule has 2 rings (SSSR count). The van der Waals surface area contributed by atoms with E-state index in [-0.39, 0.29) is 17.6 Å². The van der Waals surface area contributed by atoms with Crippen molar-refractivity contribution in [1.82, 2.24) is 9.97 Å². The van der Waals surface area contributed by atoms with Crippen molar-refractivity contribution in [3.63, 3.8) is 0 Å². The maximum Gasteiger partial charge on any atom is 0.443 e. The molecule has 1 heterocycles. The largest absolute Gasteiger partial charge is 0.443 e. The van der Waals surface area contributed by atoms with Crippen LogP contribution >= 0.6 is 11.6 Å². The van der Waals surface area contributed by atoms with E-state index in [9.17, 15) is 13.2 Å². The van der Waals surface area contributed by atoms with Gasteiger partial charge in [0.1, 0.15) is 0 Å². The summed E-state index contributed by atoms with van der Waals surface area (Å²) in [6, 6.07) is 6.02. The quantitative estimate of drug-likeness (QED) is 0.574. The summed E-state index contributed by atoms with van der Waals surface area (Å²) in [5.41, 5.74) is 6.25. The predicted octanol–water partition coefficient (Wildman–Crippen LogP) is 1.90. The van der Waals surface area contributed by atoms with Crippen LogP contribution in [-0.4, -0.2) is 15.9 Å². The highest BCUT2D eigenvalue weighted by atomic mass is 35.5. The zero-order chi connectivity index (χ0) is 17.2. The fourth-order valence-corrected chi connectivity index (χ4v) is 1.98. The van der Waals surface area contributed by atoms with E-state index in [4.69, 9.17) is 17.3 Å². The van der Waals surface area contributed by atoms with Crippen LogP contribution < -0.4 is 16.0 Å². The van der Waals surface area contributed by atoms with Crippen LogP contribution in [0.3, 0.4) is 0 Å². The Kier molecular flexibility index (Phi) is 4.74. The van der Waals surface area contributed by atoms with E-state index in [1.807, 2.05) is 0 Å². The molecule has 0 aliphatic carbocycles. The Labute approximate surface area is 135 Å². The maximum absolute atomic E-state index is 12.7. The zero-order valence-electron chi connectivity index (χ0n) is 12.3. The number of nitrogens with two attached hydrogens (primary N) is 1. The first-order chi connectivity index (χ1) is 10.7. The first-order valence-corrected chi connectivity index (χ1v) is 6.89. The van der Waals surface area contributed by atoms with Gasteiger partial charge < -0.3 is 5.73 Å². The molecule has 5 nitrogen and oxygen atoms in total. The summed E-state index contributed by atoms with van der Waals surface area (Å²) in [4.78, 5) is 9.80. The lowest BCUT2D eigenvalue weighted by Crippen LogP contribution is -2.72. The molecule has 0 unspecified atom stereocenters. The Morgan fingerprint density at radius 2 is 1.96 bits per heavy atom. The molecule has 9 heteroatoms. The normalized spacial score (nSPS) is 12.3. The van der Waals surface area contributed by atoms with Gasteiger partial charge in [-0.2, -0.15) is 13.2 Å². The Balaban J connectivity index is 2.31. The minimum absolute atomic E-state index is 0.0194. The SMILES string of the molecule is Cc1cc(C(F)(F)F)nc([NH+]=C(N)Nc2cccc(Cl)c2C)n1. The van der Waals surface area contributed by atoms with Crippen LogP contribution in [0.2, 0.25) is 5.02 Å². The molecule has 0 spiro atoms. The van der Waals surface area contributed by atoms with E-state index in [1.54, 1.807) is 25.1 Å². The first kappa shape index (κ1) is 17.0. The van der Waals surface area contributed by atoms with Crippen LogP contribution in [-0.2, 0) is 6.18 Å². The van der Waals surface area contributed by atoms with Crippen LogP contribution in [0.5, 0.6) is 0 Å². The molecule has 1 aromatic carbocycles. The van der Waals surface area contributed by atoms with Crippen molar-refractivity contribution in [1.29, 1.82) is 0 Å². The molecule has 2 aromatic rings. The van der Waals surface area contributed by atoms with Crippen LogP contribution in [0.4, 0.5) is 24.8 Å². The third-order valence-electron chi connectivity index (χ3n) is 2.93. The number of hydrogen-bond donors (Lipinski definition) is 3. The number of guanidine groups is 1. The lowest BCUT2D eigenvalue weighted by atomic mass is 10.2. The van der Waals surface area contributed by atoms with Gasteiger partial charge in [-0.15, -0.1) is 9.97 Å². The number of rotatable bonds is 2. The molecule has 0 aliphatic heterocycles. The van der Waals surface area contributed by atoms with Crippen LogP contribution in [0.15, 0.2) is 24.3 Å². The highest BCUT2D eigenvalue weighted by Gasteiger charge is 2.35. The predicted molar refractivity (Wildman–Crippen MR) is 81.4 cm³/mol. The van der Waals surface area contributed by atoms with Crippen LogP contribution in [0, 0.1) is 13.8 Å². The van der Waals surface area contributed by atoms with Crippen molar-refractivity contribution < 1.29 is 18.2 Å². The summed E-state index contributed by atoms with van der Waals surface area (Å²) in [6.07, 6.45) is -4.56. The number of nitrogens with zero attached hydrogens (tertiary/aromatic N) is 2. The Morgan fingerprint density at radius 3 is 2.61 bits per heavy atom.